The smallest absolute Gasteiger partial charge is 0.338 e. The van der Waals surface area contributed by atoms with Gasteiger partial charge in [-0.3, -0.25) is 4.79 Å². The first kappa shape index (κ1) is 18.7. The molecule has 140 valence electrons. The zero-order chi connectivity index (χ0) is 20.1. The monoisotopic (exact) mass is 375 g/mol. The van der Waals surface area contributed by atoms with Crippen LogP contribution in [0.5, 0.6) is 5.75 Å². The van der Waals surface area contributed by atoms with Crippen molar-refractivity contribution >= 4 is 34.5 Å². The minimum Gasteiger partial charge on any atom is -0.497 e. The number of amides is 1. The molecular formula is C21H17N3O4. The molecule has 2 aromatic carbocycles. The highest BCUT2D eigenvalue weighted by atomic mass is 16.5. The van der Waals surface area contributed by atoms with Gasteiger partial charge in [-0.1, -0.05) is 6.07 Å². The predicted octanol–water partition coefficient (Wildman–Crippen LogP) is 3.51. The van der Waals surface area contributed by atoms with Crippen LogP contribution in [0.3, 0.4) is 0 Å². The number of ether oxygens (including phenoxy) is 2. The molecule has 0 radical (unpaired) electrons. The van der Waals surface area contributed by atoms with E-state index < -0.39 is 11.9 Å². The number of nitriles is 1. The largest absolute Gasteiger partial charge is 0.497 e. The minimum atomic E-state index is -0.558. The summed E-state index contributed by atoms with van der Waals surface area (Å²) in [6.45, 7) is 0. The van der Waals surface area contributed by atoms with Crippen LogP contribution in [0.1, 0.15) is 15.9 Å². The van der Waals surface area contributed by atoms with E-state index >= 15 is 0 Å². The number of hydrogen-bond donors (Lipinski definition) is 2. The van der Waals surface area contributed by atoms with Gasteiger partial charge in [-0.25, -0.2) is 4.79 Å². The summed E-state index contributed by atoms with van der Waals surface area (Å²) in [5.74, 6) is -0.401. The van der Waals surface area contributed by atoms with Crippen LogP contribution >= 0.6 is 0 Å². The van der Waals surface area contributed by atoms with Gasteiger partial charge < -0.3 is 19.8 Å². The number of fused-ring (bicyclic) bond motifs is 1. The van der Waals surface area contributed by atoms with E-state index in [-0.39, 0.29) is 5.57 Å². The molecule has 0 saturated carbocycles. The molecule has 1 heterocycles. The number of carbonyl (C=O) groups is 2. The summed E-state index contributed by atoms with van der Waals surface area (Å²) in [5, 5.41) is 12.7. The lowest BCUT2D eigenvalue weighted by Crippen LogP contribution is -2.13. The lowest BCUT2D eigenvalue weighted by atomic mass is 10.0. The molecule has 0 aliphatic heterocycles. The summed E-state index contributed by atoms with van der Waals surface area (Å²) in [7, 11) is 2.85. The molecule has 0 bridgehead atoms. The Morgan fingerprint density at radius 1 is 1.14 bits per heavy atom. The van der Waals surface area contributed by atoms with E-state index in [9.17, 15) is 14.9 Å². The first-order chi connectivity index (χ1) is 13.6. The van der Waals surface area contributed by atoms with Crippen molar-refractivity contribution in [2.24, 2.45) is 0 Å². The van der Waals surface area contributed by atoms with Gasteiger partial charge in [0.15, 0.2) is 0 Å². The van der Waals surface area contributed by atoms with Crippen molar-refractivity contribution in [3.8, 4) is 11.8 Å². The SMILES string of the molecule is COC(=O)c1cccc2[nH]cc(/C=C(\C#N)C(=O)Nc3ccc(OC)cc3)c12. The Labute approximate surface area is 161 Å². The van der Waals surface area contributed by atoms with Gasteiger partial charge in [0.2, 0.25) is 0 Å². The van der Waals surface area contributed by atoms with Crippen molar-refractivity contribution in [3.05, 3.63) is 65.4 Å². The summed E-state index contributed by atoms with van der Waals surface area (Å²) in [6, 6.07) is 13.8. The minimum absolute atomic E-state index is 0.101. The van der Waals surface area contributed by atoms with Crippen LogP contribution in [0.2, 0.25) is 0 Å². The molecule has 0 unspecified atom stereocenters. The quantitative estimate of drug-likeness (QED) is 0.403. The topological polar surface area (TPSA) is 104 Å². The van der Waals surface area contributed by atoms with Crippen LogP contribution in [0.25, 0.3) is 17.0 Å². The zero-order valence-electron chi connectivity index (χ0n) is 15.3. The molecule has 28 heavy (non-hydrogen) atoms. The fourth-order valence-corrected chi connectivity index (χ4v) is 2.78. The van der Waals surface area contributed by atoms with Gasteiger partial charge in [0.1, 0.15) is 17.4 Å². The lowest BCUT2D eigenvalue weighted by Gasteiger charge is -2.06. The summed E-state index contributed by atoms with van der Waals surface area (Å²) in [5.41, 5.74) is 2.01. The number of H-pyrrole nitrogens is 1. The van der Waals surface area contributed by atoms with Gasteiger partial charge in [-0.15, -0.1) is 0 Å². The summed E-state index contributed by atoms with van der Waals surface area (Å²) < 4.78 is 9.89. The number of methoxy groups -OCH3 is 2. The fraction of sp³-hybridized carbons (Fsp3) is 0.0952. The summed E-state index contributed by atoms with van der Waals surface area (Å²) in [4.78, 5) is 27.6. The van der Waals surface area contributed by atoms with Gasteiger partial charge in [0.25, 0.3) is 5.91 Å². The molecule has 0 aliphatic carbocycles. The number of nitrogens with zero attached hydrogens (tertiary/aromatic N) is 1. The van der Waals surface area contributed by atoms with E-state index in [2.05, 4.69) is 10.3 Å². The second-order valence-electron chi connectivity index (χ2n) is 5.82. The van der Waals surface area contributed by atoms with Gasteiger partial charge in [-0.05, 0) is 42.5 Å². The molecule has 0 aliphatic rings. The fourth-order valence-electron chi connectivity index (χ4n) is 2.78. The highest BCUT2D eigenvalue weighted by Crippen LogP contribution is 2.25. The molecule has 1 aromatic heterocycles. The van der Waals surface area contributed by atoms with Crippen molar-refractivity contribution < 1.29 is 19.1 Å². The second-order valence-corrected chi connectivity index (χ2v) is 5.82. The third-order valence-corrected chi connectivity index (χ3v) is 4.15. The maximum atomic E-state index is 12.5. The van der Waals surface area contributed by atoms with Crippen molar-refractivity contribution in [1.82, 2.24) is 4.98 Å². The van der Waals surface area contributed by atoms with E-state index in [1.54, 1.807) is 55.8 Å². The van der Waals surface area contributed by atoms with Crippen molar-refractivity contribution in [3.63, 3.8) is 0 Å². The van der Waals surface area contributed by atoms with Crippen molar-refractivity contribution in [1.29, 1.82) is 5.26 Å². The normalized spacial score (nSPS) is 11.0. The average Bonchev–Trinajstić information content (AvgIpc) is 3.14. The molecule has 7 heteroatoms. The van der Waals surface area contributed by atoms with Gasteiger partial charge >= 0.3 is 5.97 Å². The Morgan fingerprint density at radius 3 is 2.54 bits per heavy atom. The van der Waals surface area contributed by atoms with Gasteiger partial charge in [-0.2, -0.15) is 5.26 Å². The number of nitrogens with one attached hydrogen (secondary N) is 2. The molecule has 3 aromatic rings. The first-order valence-corrected chi connectivity index (χ1v) is 8.33. The number of anilines is 1. The third kappa shape index (κ3) is 3.71. The number of benzene rings is 2. The molecule has 0 fully saturated rings. The summed E-state index contributed by atoms with van der Waals surface area (Å²) in [6.07, 6.45) is 3.07. The van der Waals surface area contributed by atoms with Crippen molar-refractivity contribution in [2.45, 2.75) is 0 Å². The molecule has 0 spiro atoms. The number of aromatic nitrogens is 1. The standard InChI is InChI=1S/C21H17N3O4/c1-27-16-8-6-15(7-9-16)24-20(25)13(11-22)10-14-12-23-18-5-3-4-17(19(14)18)21(26)28-2/h3-10,12,23H,1-2H3,(H,24,25)/b13-10+. The molecule has 0 saturated heterocycles. The van der Waals surface area contributed by atoms with Crippen molar-refractivity contribution in [2.75, 3.05) is 19.5 Å². The van der Waals surface area contributed by atoms with E-state index in [1.807, 2.05) is 6.07 Å². The number of aromatic amines is 1. The van der Waals surface area contributed by atoms with Crippen LogP contribution in [-0.4, -0.2) is 31.1 Å². The molecule has 1 amide bonds. The number of rotatable bonds is 5. The second kappa shape index (κ2) is 8.10. The molecule has 3 rings (SSSR count). The lowest BCUT2D eigenvalue weighted by molar-refractivity contribution is -0.112. The molecular weight excluding hydrogens is 358 g/mol. The molecule has 7 nitrogen and oxygen atoms in total. The Morgan fingerprint density at radius 2 is 1.89 bits per heavy atom. The Kier molecular flexibility index (Phi) is 5.42. The number of hydrogen-bond acceptors (Lipinski definition) is 5. The Hall–Kier alpha value is -4.05. The number of carbonyl (C=O) groups excluding carboxylic acids is 2. The highest BCUT2D eigenvalue weighted by molar-refractivity contribution is 6.12. The van der Waals surface area contributed by atoms with E-state index in [0.717, 1.165) is 0 Å². The highest BCUT2D eigenvalue weighted by Gasteiger charge is 2.16. The van der Waals surface area contributed by atoms with Crippen LogP contribution in [-0.2, 0) is 9.53 Å². The van der Waals surface area contributed by atoms with Crippen LogP contribution in [0.15, 0.2) is 54.2 Å². The summed E-state index contributed by atoms with van der Waals surface area (Å²) >= 11 is 0. The number of esters is 1. The Balaban J connectivity index is 1.95. The van der Waals surface area contributed by atoms with Crippen LogP contribution in [0, 0.1) is 11.3 Å². The average molecular weight is 375 g/mol. The van der Waals surface area contributed by atoms with Crippen LogP contribution < -0.4 is 10.1 Å². The van der Waals surface area contributed by atoms with Gasteiger partial charge in [0, 0.05) is 28.4 Å². The van der Waals surface area contributed by atoms with E-state index in [4.69, 9.17) is 9.47 Å². The molecule has 0 atom stereocenters. The van der Waals surface area contributed by atoms with E-state index in [1.165, 1.54) is 13.2 Å². The Bertz CT molecular complexity index is 1100. The maximum Gasteiger partial charge on any atom is 0.338 e. The molecule has 2 N–H and O–H groups in total. The zero-order valence-corrected chi connectivity index (χ0v) is 15.3. The van der Waals surface area contributed by atoms with Gasteiger partial charge in [0.05, 0.1) is 19.8 Å². The van der Waals surface area contributed by atoms with E-state index in [0.29, 0.717) is 33.5 Å². The predicted molar refractivity (Wildman–Crippen MR) is 105 cm³/mol. The maximum absolute atomic E-state index is 12.5. The first-order valence-electron chi connectivity index (χ1n) is 8.33. The third-order valence-electron chi connectivity index (χ3n) is 4.15. The van der Waals surface area contributed by atoms with Crippen LogP contribution in [0.4, 0.5) is 5.69 Å².